The van der Waals surface area contributed by atoms with Gasteiger partial charge in [0.05, 0.1) is 7.11 Å². The Morgan fingerprint density at radius 2 is 1.83 bits per heavy atom. The maximum Gasteiger partial charge on any atom is 0.193 e. The molecule has 2 heterocycles. The van der Waals surface area contributed by atoms with Crippen molar-refractivity contribution in [3.05, 3.63) is 24.3 Å². The van der Waals surface area contributed by atoms with Gasteiger partial charge < -0.3 is 24.8 Å². The Balaban J connectivity index is 0.00000320. The average Bonchev–Trinajstić information content (AvgIpc) is 2.78. The first-order valence-electron chi connectivity index (χ1n) is 11.3. The van der Waals surface area contributed by atoms with Crippen molar-refractivity contribution in [2.75, 3.05) is 71.4 Å². The van der Waals surface area contributed by atoms with Crippen molar-refractivity contribution in [1.29, 1.82) is 0 Å². The van der Waals surface area contributed by atoms with Crippen molar-refractivity contribution in [2.24, 2.45) is 10.9 Å². The molecule has 0 bridgehead atoms. The number of rotatable bonds is 7. The maximum atomic E-state index is 5.36. The fraction of sp³-hybridized carbons (Fsp3) is 0.696. The number of nitrogens with zero attached hydrogens (tertiary/aromatic N) is 4. The normalized spacial score (nSPS) is 18.8. The van der Waals surface area contributed by atoms with Gasteiger partial charge in [0.1, 0.15) is 5.75 Å². The lowest BCUT2D eigenvalue weighted by atomic mass is 9.99. The Labute approximate surface area is 200 Å². The number of anilines is 1. The van der Waals surface area contributed by atoms with Crippen molar-refractivity contribution in [3.63, 3.8) is 0 Å². The van der Waals surface area contributed by atoms with Crippen LogP contribution in [0, 0.1) is 5.92 Å². The number of benzene rings is 1. The van der Waals surface area contributed by atoms with Gasteiger partial charge in [-0.1, -0.05) is 13.0 Å². The van der Waals surface area contributed by atoms with Crippen LogP contribution in [0.2, 0.25) is 0 Å². The third-order valence-corrected chi connectivity index (χ3v) is 6.27. The van der Waals surface area contributed by atoms with Gasteiger partial charge in [0.25, 0.3) is 0 Å². The third-order valence-electron chi connectivity index (χ3n) is 6.27. The first kappa shape index (κ1) is 25.0. The Morgan fingerprint density at radius 1 is 1.10 bits per heavy atom. The molecule has 0 aromatic heterocycles. The molecule has 2 saturated heterocycles. The molecule has 170 valence electrons. The van der Waals surface area contributed by atoms with Crippen LogP contribution in [0.4, 0.5) is 5.69 Å². The number of likely N-dealkylation sites (tertiary alicyclic amines) is 1. The zero-order chi connectivity index (χ0) is 20.5. The van der Waals surface area contributed by atoms with Crippen LogP contribution in [0.1, 0.15) is 32.6 Å². The molecule has 1 aromatic carbocycles. The van der Waals surface area contributed by atoms with Crippen molar-refractivity contribution in [2.45, 2.75) is 32.6 Å². The highest BCUT2D eigenvalue weighted by Gasteiger charge is 2.20. The topological polar surface area (TPSA) is 43.3 Å². The van der Waals surface area contributed by atoms with E-state index in [1.807, 2.05) is 13.1 Å². The molecule has 2 aliphatic heterocycles. The van der Waals surface area contributed by atoms with Crippen molar-refractivity contribution >= 4 is 35.6 Å². The summed E-state index contributed by atoms with van der Waals surface area (Å²) in [7, 11) is 3.62. The molecule has 0 spiro atoms. The van der Waals surface area contributed by atoms with E-state index in [0.717, 1.165) is 50.4 Å². The molecule has 7 heteroatoms. The van der Waals surface area contributed by atoms with Gasteiger partial charge in [0.15, 0.2) is 5.96 Å². The van der Waals surface area contributed by atoms with Gasteiger partial charge in [-0.05, 0) is 63.4 Å². The summed E-state index contributed by atoms with van der Waals surface area (Å²) >= 11 is 0. The quantitative estimate of drug-likeness (QED) is 0.254. The average molecular weight is 530 g/mol. The van der Waals surface area contributed by atoms with Crippen LogP contribution >= 0.6 is 24.0 Å². The largest absolute Gasteiger partial charge is 0.497 e. The molecular weight excluding hydrogens is 489 g/mol. The predicted molar refractivity (Wildman–Crippen MR) is 138 cm³/mol. The summed E-state index contributed by atoms with van der Waals surface area (Å²) < 4.78 is 5.36. The van der Waals surface area contributed by atoms with Crippen LogP contribution in [0.3, 0.4) is 0 Å². The SMILES string of the molecule is CN=C(NCCCCN1CCC(C)CC1)N1CCN(c2cccc(OC)c2)CC1.I. The highest BCUT2D eigenvalue weighted by Crippen LogP contribution is 2.22. The van der Waals surface area contributed by atoms with Crippen LogP contribution in [0.25, 0.3) is 0 Å². The summed E-state index contributed by atoms with van der Waals surface area (Å²) in [4.78, 5) is 11.9. The highest BCUT2D eigenvalue weighted by molar-refractivity contribution is 14.0. The zero-order valence-corrected chi connectivity index (χ0v) is 21.3. The molecule has 1 aromatic rings. The molecule has 30 heavy (non-hydrogen) atoms. The number of guanidine groups is 1. The van der Waals surface area contributed by atoms with E-state index in [0.29, 0.717) is 0 Å². The minimum Gasteiger partial charge on any atom is -0.497 e. The van der Waals surface area contributed by atoms with Crippen LogP contribution in [0.5, 0.6) is 5.75 Å². The van der Waals surface area contributed by atoms with E-state index in [1.54, 1.807) is 7.11 Å². The highest BCUT2D eigenvalue weighted by atomic mass is 127. The minimum absolute atomic E-state index is 0. The molecule has 0 radical (unpaired) electrons. The van der Waals surface area contributed by atoms with Gasteiger partial charge in [-0.3, -0.25) is 4.99 Å². The van der Waals surface area contributed by atoms with Gasteiger partial charge in [-0.2, -0.15) is 0 Å². The molecule has 1 N–H and O–H groups in total. The number of ether oxygens (including phenoxy) is 1. The van der Waals surface area contributed by atoms with Crippen LogP contribution in [-0.4, -0.2) is 82.3 Å². The lowest BCUT2D eigenvalue weighted by molar-refractivity contribution is 0.189. The van der Waals surface area contributed by atoms with Gasteiger partial charge in [0.2, 0.25) is 0 Å². The van der Waals surface area contributed by atoms with E-state index in [2.05, 4.69) is 50.1 Å². The fourth-order valence-corrected chi connectivity index (χ4v) is 4.26. The van der Waals surface area contributed by atoms with Crippen LogP contribution in [-0.2, 0) is 0 Å². The molecule has 2 fully saturated rings. The summed E-state index contributed by atoms with van der Waals surface area (Å²) in [6, 6.07) is 8.34. The first-order chi connectivity index (χ1) is 14.2. The van der Waals surface area contributed by atoms with Crippen molar-refractivity contribution < 1.29 is 4.74 Å². The maximum absolute atomic E-state index is 5.36. The van der Waals surface area contributed by atoms with Crippen LogP contribution in [0.15, 0.2) is 29.3 Å². The zero-order valence-electron chi connectivity index (χ0n) is 19.0. The van der Waals surface area contributed by atoms with E-state index in [4.69, 9.17) is 4.74 Å². The summed E-state index contributed by atoms with van der Waals surface area (Å²) in [5.74, 6) is 2.88. The third kappa shape index (κ3) is 7.48. The summed E-state index contributed by atoms with van der Waals surface area (Å²) in [6.07, 6.45) is 5.20. The number of hydrogen-bond acceptors (Lipinski definition) is 4. The number of methoxy groups -OCH3 is 1. The predicted octanol–water partition coefficient (Wildman–Crippen LogP) is 3.52. The van der Waals surface area contributed by atoms with Gasteiger partial charge in [-0.25, -0.2) is 0 Å². The lowest BCUT2D eigenvalue weighted by Crippen LogP contribution is -2.52. The second kappa shape index (κ2) is 13.2. The number of nitrogens with one attached hydrogen (secondary N) is 1. The molecule has 0 aliphatic carbocycles. The van der Waals surface area contributed by atoms with Crippen molar-refractivity contribution in [1.82, 2.24) is 15.1 Å². The molecule has 6 nitrogen and oxygen atoms in total. The molecule has 2 aliphatic rings. The summed E-state index contributed by atoms with van der Waals surface area (Å²) in [5.41, 5.74) is 1.24. The first-order valence-corrected chi connectivity index (χ1v) is 11.3. The molecule has 0 atom stereocenters. The Bertz CT molecular complexity index is 640. The molecule has 0 saturated carbocycles. The fourth-order valence-electron chi connectivity index (χ4n) is 4.26. The van der Waals surface area contributed by atoms with E-state index in [1.165, 1.54) is 51.0 Å². The van der Waals surface area contributed by atoms with E-state index in [-0.39, 0.29) is 24.0 Å². The van der Waals surface area contributed by atoms with E-state index in [9.17, 15) is 0 Å². The number of piperidine rings is 1. The number of hydrogen-bond donors (Lipinski definition) is 1. The Hall–Kier alpha value is -1.22. The van der Waals surface area contributed by atoms with Crippen molar-refractivity contribution in [3.8, 4) is 5.75 Å². The Kier molecular flexibility index (Phi) is 11.1. The second-order valence-electron chi connectivity index (χ2n) is 8.38. The van der Waals surface area contributed by atoms with Gasteiger partial charge in [-0.15, -0.1) is 24.0 Å². The molecular formula is C23H40IN5O. The molecule has 3 rings (SSSR count). The lowest BCUT2D eigenvalue weighted by Gasteiger charge is -2.37. The van der Waals surface area contributed by atoms with E-state index < -0.39 is 0 Å². The Morgan fingerprint density at radius 3 is 2.50 bits per heavy atom. The number of halogens is 1. The van der Waals surface area contributed by atoms with Crippen LogP contribution < -0.4 is 15.0 Å². The van der Waals surface area contributed by atoms with E-state index >= 15 is 0 Å². The monoisotopic (exact) mass is 529 g/mol. The molecule has 0 unspecified atom stereocenters. The smallest absolute Gasteiger partial charge is 0.193 e. The minimum atomic E-state index is 0. The number of aliphatic imine (C=N–C) groups is 1. The molecule has 0 amide bonds. The second-order valence-corrected chi connectivity index (χ2v) is 8.38. The van der Waals surface area contributed by atoms with Gasteiger partial charge >= 0.3 is 0 Å². The van der Waals surface area contributed by atoms with Gasteiger partial charge in [0, 0.05) is 51.5 Å². The standard InChI is InChI=1S/C23H39N5O.HI/c1-20-9-13-26(14-10-20)12-5-4-11-25-23(24-2)28-17-15-27(16-18-28)21-7-6-8-22(19-21)29-3;/h6-8,19-20H,4-5,9-18H2,1-3H3,(H,24,25);1H. The number of piperazine rings is 1. The summed E-state index contributed by atoms with van der Waals surface area (Å²) in [5, 5.41) is 3.58. The number of unbranched alkanes of at least 4 members (excludes halogenated alkanes) is 1. The summed E-state index contributed by atoms with van der Waals surface area (Å²) in [6.45, 7) is 11.2.